The van der Waals surface area contributed by atoms with E-state index in [1.165, 1.54) is 26.1 Å². The molecule has 2 aromatic rings. The van der Waals surface area contributed by atoms with Crippen LogP contribution in [0.1, 0.15) is 6.42 Å². The van der Waals surface area contributed by atoms with E-state index in [2.05, 4.69) is 72.6 Å². The summed E-state index contributed by atoms with van der Waals surface area (Å²) in [5, 5.41) is 0. The number of halogens is 1. The van der Waals surface area contributed by atoms with E-state index >= 15 is 0 Å². The lowest BCUT2D eigenvalue weighted by atomic mass is 10.2. The lowest BCUT2D eigenvalue weighted by molar-refractivity contribution is 0.402. The van der Waals surface area contributed by atoms with E-state index in [1.54, 1.807) is 0 Å². The number of hydrogen-bond donors (Lipinski definition) is 0. The summed E-state index contributed by atoms with van der Waals surface area (Å²) in [6.07, 6.45) is 3.30. The third-order valence-electron chi connectivity index (χ3n) is 3.82. The van der Waals surface area contributed by atoms with Crippen molar-refractivity contribution in [1.82, 2.24) is 4.90 Å². The molecule has 3 rings (SSSR count). The predicted octanol–water partition coefficient (Wildman–Crippen LogP) is 5.38. The Morgan fingerprint density at radius 3 is 2.52 bits per heavy atom. The van der Waals surface area contributed by atoms with Crippen molar-refractivity contribution in [3.05, 3.63) is 42.5 Å². The first-order chi connectivity index (χ1) is 10.7. The number of fused-ring (bicyclic) bond motifs is 2. The quantitative estimate of drug-likeness (QED) is 0.654. The zero-order chi connectivity index (χ0) is 15.5. The van der Waals surface area contributed by atoms with Gasteiger partial charge in [-0.2, -0.15) is 0 Å². The molecule has 23 heavy (non-hydrogen) atoms. The number of rotatable bonds is 5. The van der Waals surface area contributed by atoms with Crippen LogP contribution in [-0.4, -0.2) is 38.3 Å². The molecule has 0 bridgehead atoms. The predicted molar refractivity (Wildman–Crippen MR) is 106 cm³/mol. The van der Waals surface area contributed by atoms with Gasteiger partial charge >= 0.3 is 0 Å². The molecule has 0 aromatic heterocycles. The van der Waals surface area contributed by atoms with Crippen molar-refractivity contribution in [2.45, 2.75) is 21.1 Å². The highest BCUT2D eigenvalue weighted by molar-refractivity contribution is 8.00. The highest BCUT2D eigenvalue weighted by atomic mass is 35.5. The van der Waals surface area contributed by atoms with E-state index in [4.69, 9.17) is 0 Å². The molecular formula is C18H23ClN2S2. The van der Waals surface area contributed by atoms with Crippen LogP contribution in [0.15, 0.2) is 57.2 Å². The van der Waals surface area contributed by atoms with Crippen LogP contribution in [0.3, 0.4) is 0 Å². The topological polar surface area (TPSA) is 6.48 Å². The second kappa shape index (κ2) is 8.34. The molecule has 0 N–H and O–H groups in total. The molecule has 1 heterocycles. The fourth-order valence-electron chi connectivity index (χ4n) is 2.72. The smallest absolute Gasteiger partial charge is 0.0564 e. The number of thioether (sulfide) groups is 1. The minimum Gasteiger partial charge on any atom is -0.340 e. The fraction of sp³-hybridized carbons (Fsp3) is 0.333. The number of anilines is 2. The van der Waals surface area contributed by atoms with E-state index in [-0.39, 0.29) is 12.4 Å². The summed E-state index contributed by atoms with van der Waals surface area (Å²) in [5.74, 6) is 0. The van der Waals surface area contributed by atoms with Crippen LogP contribution in [0, 0.1) is 0 Å². The summed E-state index contributed by atoms with van der Waals surface area (Å²) in [4.78, 5) is 8.79. The molecule has 5 heteroatoms. The molecule has 0 atom stereocenters. The van der Waals surface area contributed by atoms with Gasteiger partial charge in [-0.3, -0.25) is 0 Å². The average molecular weight is 367 g/mol. The van der Waals surface area contributed by atoms with Crippen LogP contribution in [0.5, 0.6) is 0 Å². The van der Waals surface area contributed by atoms with Crippen molar-refractivity contribution in [3.63, 3.8) is 0 Å². The molecule has 2 nitrogen and oxygen atoms in total. The highest BCUT2D eigenvalue weighted by Crippen LogP contribution is 2.48. The monoisotopic (exact) mass is 366 g/mol. The van der Waals surface area contributed by atoms with Gasteiger partial charge in [-0.1, -0.05) is 23.9 Å². The Balaban J connectivity index is 0.00000192. The molecule has 2 aromatic carbocycles. The fourth-order valence-corrected chi connectivity index (χ4v) is 4.23. The first-order valence-corrected chi connectivity index (χ1v) is 9.60. The molecule has 0 saturated carbocycles. The van der Waals surface area contributed by atoms with Gasteiger partial charge in [0.2, 0.25) is 0 Å². The van der Waals surface area contributed by atoms with Crippen LogP contribution in [-0.2, 0) is 0 Å². The van der Waals surface area contributed by atoms with Crippen molar-refractivity contribution >= 4 is 47.3 Å². The molecule has 0 radical (unpaired) electrons. The maximum atomic E-state index is 2.49. The minimum atomic E-state index is 0. The van der Waals surface area contributed by atoms with E-state index in [9.17, 15) is 0 Å². The van der Waals surface area contributed by atoms with Crippen LogP contribution < -0.4 is 4.90 Å². The standard InChI is InChI=1S/C18H22N2S2.ClH/c1-19(2)11-6-12-20-15-7-4-5-8-17(15)22-18-10-9-14(21-3)13-16(18)20;/h4-5,7-10,13H,6,11-12H2,1-3H3;1H. The Morgan fingerprint density at radius 2 is 1.78 bits per heavy atom. The second-order valence-corrected chi connectivity index (χ2v) is 7.68. The van der Waals surface area contributed by atoms with E-state index in [0.717, 1.165) is 19.5 Å². The van der Waals surface area contributed by atoms with Crippen molar-refractivity contribution in [1.29, 1.82) is 0 Å². The summed E-state index contributed by atoms with van der Waals surface area (Å²) in [6, 6.07) is 15.6. The first kappa shape index (κ1) is 18.5. The molecule has 0 fully saturated rings. The summed E-state index contributed by atoms with van der Waals surface area (Å²) in [7, 11) is 4.28. The van der Waals surface area contributed by atoms with Crippen molar-refractivity contribution in [3.8, 4) is 0 Å². The summed E-state index contributed by atoms with van der Waals surface area (Å²) in [6.45, 7) is 2.17. The Hall–Kier alpha value is -0.810. The van der Waals surface area contributed by atoms with Gasteiger partial charge in [-0.25, -0.2) is 0 Å². The van der Waals surface area contributed by atoms with Crippen LogP contribution >= 0.6 is 35.9 Å². The van der Waals surface area contributed by atoms with Crippen LogP contribution in [0.2, 0.25) is 0 Å². The van der Waals surface area contributed by atoms with Crippen molar-refractivity contribution in [2.75, 3.05) is 38.3 Å². The van der Waals surface area contributed by atoms with Gasteiger partial charge in [0.15, 0.2) is 0 Å². The van der Waals surface area contributed by atoms with Gasteiger partial charge in [0, 0.05) is 21.2 Å². The molecule has 0 amide bonds. The molecule has 0 spiro atoms. The Kier molecular flexibility index (Phi) is 6.72. The van der Waals surface area contributed by atoms with Gasteiger partial charge in [-0.05, 0) is 63.6 Å². The van der Waals surface area contributed by atoms with Crippen LogP contribution in [0.4, 0.5) is 11.4 Å². The third-order valence-corrected chi connectivity index (χ3v) is 5.68. The molecular weight excluding hydrogens is 344 g/mol. The summed E-state index contributed by atoms with van der Waals surface area (Å²) >= 11 is 3.69. The minimum absolute atomic E-state index is 0. The Bertz CT molecular complexity index is 661. The van der Waals surface area contributed by atoms with Gasteiger partial charge in [0.05, 0.1) is 11.4 Å². The Labute approximate surface area is 154 Å². The van der Waals surface area contributed by atoms with Crippen LogP contribution in [0.25, 0.3) is 0 Å². The van der Waals surface area contributed by atoms with Gasteiger partial charge in [0.25, 0.3) is 0 Å². The number of nitrogens with zero attached hydrogens (tertiary/aromatic N) is 2. The lowest BCUT2D eigenvalue weighted by Crippen LogP contribution is -2.25. The molecule has 124 valence electrons. The van der Waals surface area contributed by atoms with Crippen molar-refractivity contribution < 1.29 is 0 Å². The average Bonchev–Trinajstić information content (AvgIpc) is 2.53. The number of benzene rings is 2. The SMILES string of the molecule is CSc1ccc2c(c1)N(CCCN(C)C)c1ccccc1S2.Cl. The maximum Gasteiger partial charge on any atom is 0.0564 e. The highest BCUT2D eigenvalue weighted by Gasteiger charge is 2.23. The summed E-state index contributed by atoms with van der Waals surface area (Å²) < 4.78 is 0. The normalized spacial score (nSPS) is 12.6. The number of para-hydroxylation sites is 1. The zero-order valence-electron chi connectivity index (χ0n) is 13.8. The lowest BCUT2D eigenvalue weighted by Gasteiger charge is -2.33. The molecule has 1 aliphatic heterocycles. The van der Waals surface area contributed by atoms with E-state index in [0.29, 0.717) is 0 Å². The molecule has 0 unspecified atom stereocenters. The van der Waals surface area contributed by atoms with E-state index in [1.807, 2.05) is 23.5 Å². The van der Waals surface area contributed by atoms with Gasteiger partial charge in [-0.15, -0.1) is 24.2 Å². The zero-order valence-corrected chi connectivity index (χ0v) is 16.2. The maximum absolute atomic E-state index is 2.49. The molecule has 0 saturated heterocycles. The Morgan fingerprint density at radius 1 is 1.04 bits per heavy atom. The largest absolute Gasteiger partial charge is 0.340 e. The first-order valence-electron chi connectivity index (χ1n) is 7.56. The van der Waals surface area contributed by atoms with Gasteiger partial charge in [0.1, 0.15) is 0 Å². The second-order valence-electron chi connectivity index (χ2n) is 5.71. The molecule has 1 aliphatic rings. The molecule has 0 aliphatic carbocycles. The van der Waals surface area contributed by atoms with E-state index < -0.39 is 0 Å². The third kappa shape index (κ3) is 4.18. The van der Waals surface area contributed by atoms with Crippen molar-refractivity contribution in [2.24, 2.45) is 0 Å². The number of hydrogen-bond acceptors (Lipinski definition) is 4. The summed E-state index contributed by atoms with van der Waals surface area (Å²) in [5.41, 5.74) is 2.70. The van der Waals surface area contributed by atoms with Gasteiger partial charge < -0.3 is 9.80 Å².